The average Bonchev–Trinajstić information content (AvgIpc) is 2.70. The molecule has 1 aromatic heterocycles. The van der Waals surface area contributed by atoms with Crippen molar-refractivity contribution in [3.63, 3.8) is 0 Å². The summed E-state index contributed by atoms with van der Waals surface area (Å²) in [4.78, 5) is 12.6. The van der Waals surface area contributed by atoms with Crippen LogP contribution in [0.25, 0.3) is 0 Å². The fourth-order valence-corrected chi connectivity index (χ4v) is 2.76. The number of thiophene rings is 1. The van der Waals surface area contributed by atoms with Crippen molar-refractivity contribution >= 4 is 51.9 Å². The molecule has 0 atom stereocenters. The lowest BCUT2D eigenvalue weighted by Crippen LogP contribution is -2.01. The van der Waals surface area contributed by atoms with E-state index in [9.17, 15) is 4.79 Å². The highest BCUT2D eigenvalue weighted by atomic mass is 35.5. The fraction of sp³-hybridized carbons (Fsp3) is 0.0833. The second kappa shape index (κ2) is 5.40. The summed E-state index contributed by atoms with van der Waals surface area (Å²) < 4.78 is 0.602. The second-order valence-electron chi connectivity index (χ2n) is 3.44. The van der Waals surface area contributed by atoms with Gasteiger partial charge in [-0.1, -0.05) is 34.8 Å². The van der Waals surface area contributed by atoms with Gasteiger partial charge in [0.1, 0.15) is 0 Å². The van der Waals surface area contributed by atoms with Crippen molar-refractivity contribution in [2.24, 2.45) is 0 Å². The van der Waals surface area contributed by atoms with E-state index in [4.69, 9.17) is 34.8 Å². The Morgan fingerprint density at radius 2 is 1.88 bits per heavy atom. The average molecular weight is 306 g/mol. The summed E-state index contributed by atoms with van der Waals surface area (Å²) in [5.41, 5.74) is 0.730. The van der Waals surface area contributed by atoms with Gasteiger partial charge in [0.15, 0.2) is 5.78 Å². The van der Waals surface area contributed by atoms with Crippen LogP contribution in [0.5, 0.6) is 0 Å². The first-order chi connectivity index (χ1) is 8.06. The van der Waals surface area contributed by atoms with Gasteiger partial charge >= 0.3 is 0 Å². The number of hydrogen-bond acceptors (Lipinski definition) is 2. The van der Waals surface area contributed by atoms with Crippen molar-refractivity contribution in [2.45, 2.75) is 6.42 Å². The molecule has 0 fully saturated rings. The summed E-state index contributed by atoms with van der Waals surface area (Å²) >= 11 is 18.9. The Labute approximate surface area is 118 Å². The smallest absolute Gasteiger partial charge is 0.177 e. The highest BCUT2D eigenvalue weighted by Crippen LogP contribution is 2.25. The molecule has 1 heterocycles. The third-order valence-electron chi connectivity index (χ3n) is 2.21. The number of rotatable bonds is 3. The molecule has 0 N–H and O–H groups in total. The maximum absolute atomic E-state index is 11.9. The van der Waals surface area contributed by atoms with Gasteiger partial charge in [-0.3, -0.25) is 4.79 Å². The molecule has 5 heteroatoms. The van der Waals surface area contributed by atoms with E-state index in [2.05, 4.69) is 0 Å². The molecule has 1 aromatic carbocycles. The van der Waals surface area contributed by atoms with Gasteiger partial charge in [0.25, 0.3) is 0 Å². The summed E-state index contributed by atoms with van der Waals surface area (Å²) in [7, 11) is 0. The molecule has 0 aliphatic rings. The first kappa shape index (κ1) is 12.9. The lowest BCUT2D eigenvalue weighted by molar-refractivity contribution is 0.0997. The van der Waals surface area contributed by atoms with Crippen LogP contribution < -0.4 is 0 Å². The number of benzene rings is 1. The van der Waals surface area contributed by atoms with E-state index in [0.717, 1.165) is 5.56 Å². The SMILES string of the molecule is O=C(Cc1cc(Cl)ccc1Cl)c1ccc(Cl)s1. The summed E-state index contributed by atoms with van der Waals surface area (Å²) in [6.45, 7) is 0. The van der Waals surface area contributed by atoms with E-state index in [1.54, 1.807) is 30.3 Å². The van der Waals surface area contributed by atoms with Gasteiger partial charge < -0.3 is 0 Å². The maximum atomic E-state index is 11.9. The van der Waals surface area contributed by atoms with Gasteiger partial charge in [-0.2, -0.15) is 0 Å². The number of ketones is 1. The van der Waals surface area contributed by atoms with Crippen LogP contribution in [-0.4, -0.2) is 5.78 Å². The van der Waals surface area contributed by atoms with E-state index >= 15 is 0 Å². The zero-order valence-corrected chi connectivity index (χ0v) is 11.6. The van der Waals surface area contributed by atoms with Crippen LogP contribution >= 0.6 is 46.1 Å². The summed E-state index contributed by atoms with van der Waals surface area (Å²) in [6.07, 6.45) is 0.232. The molecular formula is C12H7Cl3OS. The third-order valence-corrected chi connectivity index (χ3v) is 4.08. The van der Waals surface area contributed by atoms with Crippen LogP contribution in [0.15, 0.2) is 30.3 Å². The van der Waals surface area contributed by atoms with E-state index in [-0.39, 0.29) is 12.2 Å². The lowest BCUT2D eigenvalue weighted by Gasteiger charge is -2.03. The molecule has 0 amide bonds. The molecule has 2 rings (SSSR count). The highest BCUT2D eigenvalue weighted by molar-refractivity contribution is 7.18. The van der Waals surface area contributed by atoms with Crippen LogP contribution in [0, 0.1) is 0 Å². The van der Waals surface area contributed by atoms with Crippen molar-refractivity contribution in [1.82, 2.24) is 0 Å². The Morgan fingerprint density at radius 3 is 2.53 bits per heavy atom. The zero-order chi connectivity index (χ0) is 12.4. The third kappa shape index (κ3) is 3.23. The van der Waals surface area contributed by atoms with E-state index < -0.39 is 0 Å². The molecule has 88 valence electrons. The predicted molar refractivity (Wildman–Crippen MR) is 73.8 cm³/mol. The van der Waals surface area contributed by atoms with E-state index in [0.29, 0.717) is 19.3 Å². The first-order valence-electron chi connectivity index (χ1n) is 4.79. The minimum Gasteiger partial charge on any atom is -0.293 e. The topological polar surface area (TPSA) is 17.1 Å². The van der Waals surface area contributed by atoms with Gasteiger partial charge in [-0.25, -0.2) is 0 Å². The van der Waals surface area contributed by atoms with Crippen molar-refractivity contribution in [2.75, 3.05) is 0 Å². The number of carbonyl (C=O) groups excluding carboxylic acids is 1. The van der Waals surface area contributed by atoms with Crippen molar-refractivity contribution in [3.8, 4) is 0 Å². The second-order valence-corrected chi connectivity index (χ2v) is 6.00. The van der Waals surface area contributed by atoms with Gasteiger partial charge in [-0.15, -0.1) is 11.3 Å². The monoisotopic (exact) mass is 304 g/mol. The zero-order valence-electron chi connectivity index (χ0n) is 8.54. The standard InChI is InChI=1S/C12H7Cl3OS/c13-8-1-2-9(14)7(5-8)6-10(16)11-3-4-12(15)17-11/h1-5H,6H2. The molecule has 1 nitrogen and oxygen atoms in total. The molecule has 0 unspecified atom stereocenters. The van der Waals surface area contributed by atoms with Gasteiger partial charge in [0.2, 0.25) is 0 Å². The molecule has 0 radical (unpaired) electrons. The van der Waals surface area contributed by atoms with E-state index in [1.807, 2.05) is 0 Å². The summed E-state index contributed by atoms with van der Waals surface area (Å²) in [5.74, 6) is -0.00827. The molecule has 0 aliphatic carbocycles. The van der Waals surface area contributed by atoms with Crippen LogP contribution in [0.2, 0.25) is 14.4 Å². The summed E-state index contributed by atoms with van der Waals surface area (Å²) in [6, 6.07) is 8.51. The Hall–Kier alpha value is -0.540. The van der Waals surface area contributed by atoms with Crippen LogP contribution in [-0.2, 0) is 6.42 Å². The van der Waals surface area contributed by atoms with Crippen molar-refractivity contribution in [3.05, 3.63) is 55.2 Å². The van der Waals surface area contributed by atoms with Crippen LogP contribution in [0.4, 0.5) is 0 Å². The fourth-order valence-electron chi connectivity index (χ4n) is 1.40. The number of Topliss-reactive ketones (excluding diaryl/α,β-unsaturated/α-hetero) is 1. The Kier molecular flexibility index (Phi) is 4.10. The molecule has 17 heavy (non-hydrogen) atoms. The number of halogens is 3. The molecule has 0 bridgehead atoms. The molecule has 0 spiro atoms. The number of carbonyl (C=O) groups is 1. The largest absolute Gasteiger partial charge is 0.293 e. The molecule has 0 aliphatic heterocycles. The predicted octanol–water partition coefficient (Wildman–Crippen LogP) is 5.13. The maximum Gasteiger partial charge on any atom is 0.177 e. The van der Waals surface area contributed by atoms with E-state index in [1.165, 1.54) is 11.3 Å². The van der Waals surface area contributed by atoms with Gasteiger partial charge in [0.05, 0.1) is 9.21 Å². The molecule has 2 aromatic rings. The minimum atomic E-state index is -0.00827. The normalized spacial score (nSPS) is 10.5. The Morgan fingerprint density at radius 1 is 1.12 bits per heavy atom. The Balaban J connectivity index is 2.21. The van der Waals surface area contributed by atoms with Crippen molar-refractivity contribution < 1.29 is 4.79 Å². The molecular weight excluding hydrogens is 299 g/mol. The first-order valence-corrected chi connectivity index (χ1v) is 6.74. The Bertz CT molecular complexity index is 563. The minimum absolute atomic E-state index is 0.00827. The lowest BCUT2D eigenvalue weighted by atomic mass is 10.1. The van der Waals surface area contributed by atoms with Crippen LogP contribution in [0.1, 0.15) is 15.2 Å². The summed E-state index contributed by atoms with van der Waals surface area (Å²) in [5, 5.41) is 1.12. The molecule has 0 saturated heterocycles. The van der Waals surface area contributed by atoms with Crippen LogP contribution in [0.3, 0.4) is 0 Å². The van der Waals surface area contributed by atoms with Crippen molar-refractivity contribution in [1.29, 1.82) is 0 Å². The molecule has 0 saturated carbocycles. The highest BCUT2D eigenvalue weighted by Gasteiger charge is 2.12. The van der Waals surface area contributed by atoms with Gasteiger partial charge in [0, 0.05) is 16.5 Å². The quantitative estimate of drug-likeness (QED) is 0.718. The van der Waals surface area contributed by atoms with Gasteiger partial charge in [-0.05, 0) is 35.9 Å². The number of hydrogen-bond donors (Lipinski definition) is 0.